The van der Waals surface area contributed by atoms with E-state index in [1.54, 1.807) is 0 Å². The summed E-state index contributed by atoms with van der Waals surface area (Å²) >= 11 is 0. The number of aliphatic hydroxyl groups is 1. The summed E-state index contributed by atoms with van der Waals surface area (Å²) in [5.41, 5.74) is 4.44. The van der Waals surface area contributed by atoms with E-state index in [4.69, 9.17) is 4.74 Å². The topological polar surface area (TPSA) is 110 Å². The van der Waals surface area contributed by atoms with Gasteiger partial charge in [-0.1, -0.05) is 48.5 Å². The smallest absolute Gasteiger partial charge is 0.411 e. The summed E-state index contributed by atoms with van der Waals surface area (Å²) in [5, 5.41) is 15.5. The van der Waals surface area contributed by atoms with Gasteiger partial charge >= 0.3 is 6.09 Å². The van der Waals surface area contributed by atoms with E-state index >= 15 is 0 Å². The van der Waals surface area contributed by atoms with Crippen molar-refractivity contribution in [3.63, 3.8) is 0 Å². The number of Topliss-reactive ketones (excluding diaryl/α,β-unsaturated/α-hetero) is 1. The monoisotopic (exact) mass is 573 g/mol. The standard InChI is InChI=1S/C33H43N5O4/c39-24-25-12-17-38(18-13-25)23-27-10-11-31(35-27)32(40)22-34-16-21-37-19-14-28(15-20-37)42-33(41)36-30-9-5-4-8-29(30)26-6-2-1-3-7-26/h1-11,25,28,34-35,39H,12-24H2,(H,36,41). The van der Waals surface area contributed by atoms with Crippen molar-refractivity contribution < 1.29 is 19.4 Å². The number of carbonyl (C=O) groups is 2. The van der Waals surface area contributed by atoms with Crippen LogP contribution in [0.1, 0.15) is 41.9 Å². The third kappa shape index (κ3) is 8.51. The highest BCUT2D eigenvalue weighted by atomic mass is 16.6. The molecule has 4 N–H and O–H groups in total. The molecule has 9 heteroatoms. The van der Waals surface area contributed by atoms with Crippen molar-refractivity contribution in [1.29, 1.82) is 0 Å². The Bertz CT molecular complexity index is 1280. The summed E-state index contributed by atoms with van der Waals surface area (Å²) in [6, 6.07) is 21.6. The Balaban J connectivity index is 0.965. The number of carbonyl (C=O) groups excluding carboxylic acids is 2. The van der Waals surface area contributed by atoms with Gasteiger partial charge in [-0.2, -0.15) is 0 Å². The summed E-state index contributed by atoms with van der Waals surface area (Å²) in [7, 11) is 0. The van der Waals surface area contributed by atoms with Gasteiger partial charge in [-0.25, -0.2) is 4.79 Å². The van der Waals surface area contributed by atoms with Crippen LogP contribution in [-0.4, -0.2) is 90.3 Å². The molecule has 9 nitrogen and oxygen atoms in total. The number of anilines is 1. The molecule has 1 amide bonds. The highest BCUT2D eigenvalue weighted by molar-refractivity contribution is 5.96. The van der Waals surface area contributed by atoms with Gasteiger partial charge in [0.25, 0.3) is 0 Å². The van der Waals surface area contributed by atoms with E-state index < -0.39 is 6.09 Å². The number of para-hydroxylation sites is 1. The number of aromatic nitrogens is 1. The second-order valence-corrected chi connectivity index (χ2v) is 11.4. The fraction of sp³-hybridized carbons (Fsp3) is 0.455. The molecule has 2 aliphatic rings. The Labute approximate surface area is 248 Å². The number of nitrogens with one attached hydrogen (secondary N) is 3. The third-order valence-corrected chi connectivity index (χ3v) is 8.35. The van der Waals surface area contributed by atoms with Gasteiger partial charge in [0.1, 0.15) is 6.10 Å². The van der Waals surface area contributed by atoms with Crippen molar-refractivity contribution in [2.75, 3.05) is 57.7 Å². The molecule has 2 aromatic carbocycles. The third-order valence-electron chi connectivity index (χ3n) is 8.35. The fourth-order valence-electron chi connectivity index (χ4n) is 5.80. The summed E-state index contributed by atoms with van der Waals surface area (Å²) in [6.45, 7) is 6.61. The molecular weight excluding hydrogens is 530 g/mol. The minimum atomic E-state index is -0.421. The number of ether oxygens (including phenoxy) is 1. The maximum atomic E-state index is 12.7. The molecule has 2 aliphatic heterocycles. The minimum Gasteiger partial charge on any atom is -0.446 e. The maximum Gasteiger partial charge on any atom is 0.411 e. The van der Waals surface area contributed by atoms with Crippen LogP contribution in [0.15, 0.2) is 66.7 Å². The predicted molar refractivity (Wildman–Crippen MR) is 165 cm³/mol. The van der Waals surface area contributed by atoms with Gasteiger partial charge in [0, 0.05) is 50.6 Å². The predicted octanol–water partition coefficient (Wildman–Crippen LogP) is 4.37. The average molecular weight is 574 g/mol. The van der Waals surface area contributed by atoms with Gasteiger partial charge in [0.15, 0.2) is 5.78 Å². The van der Waals surface area contributed by atoms with Crippen LogP contribution in [0.25, 0.3) is 11.1 Å². The van der Waals surface area contributed by atoms with Crippen molar-refractivity contribution in [3.8, 4) is 11.1 Å². The quantitative estimate of drug-likeness (QED) is 0.188. The van der Waals surface area contributed by atoms with Gasteiger partial charge in [-0.15, -0.1) is 0 Å². The molecular formula is C33H43N5O4. The number of likely N-dealkylation sites (tertiary alicyclic amines) is 2. The SMILES string of the molecule is O=C(Nc1ccccc1-c1ccccc1)OC1CCN(CCNCC(=O)c2ccc(CN3CCC(CO)CC3)[nH]2)CC1. The molecule has 224 valence electrons. The van der Waals surface area contributed by atoms with Crippen LogP contribution >= 0.6 is 0 Å². The number of aliphatic hydroxyl groups excluding tert-OH is 1. The highest BCUT2D eigenvalue weighted by Crippen LogP contribution is 2.28. The average Bonchev–Trinajstić information content (AvgIpc) is 3.50. The van der Waals surface area contributed by atoms with Gasteiger partial charge in [-0.05, 0) is 68.5 Å². The van der Waals surface area contributed by atoms with Gasteiger partial charge in [0.05, 0.1) is 17.9 Å². The number of amides is 1. The number of H-pyrrole nitrogens is 1. The van der Waals surface area contributed by atoms with E-state index in [2.05, 4.69) is 25.4 Å². The Morgan fingerprint density at radius 2 is 1.60 bits per heavy atom. The maximum absolute atomic E-state index is 12.7. The van der Waals surface area contributed by atoms with Gasteiger partial charge in [-0.3, -0.25) is 15.0 Å². The molecule has 5 rings (SSSR count). The minimum absolute atomic E-state index is 0.0622. The lowest BCUT2D eigenvalue weighted by Gasteiger charge is -2.31. The van der Waals surface area contributed by atoms with Crippen LogP contribution < -0.4 is 10.6 Å². The normalized spacial score (nSPS) is 17.3. The number of nitrogens with zero attached hydrogens (tertiary/aromatic N) is 2. The van der Waals surface area contributed by atoms with Crippen molar-refractivity contribution in [3.05, 3.63) is 78.1 Å². The van der Waals surface area contributed by atoms with E-state index in [0.29, 0.717) is 18.2 Å². The first-order valence-corrected chi connectivity index (χ1v) is 15.2. The number of piperidine rings is 2. The largest absolute Gasteiger partial charge is 0.446 e. The van der Waals surface area contributed by atoms with E-state index in [1.165, 1.54) is 0 Å². The Morgan fingerprint density at radius 1 is 0.881 bits per heavy atom. The van der Waals surface area contributed by atoms with E-state index in [1.807, 2.05) is 66.7 Å². The number of aromatic amines is 1. The molecule has 0 atom stereocenters. The second-order valence-electron chi connectivity index (χ2n) is 11.4. The first kappa shape index (κ1) is 30.0. The zero-order chi connectivity index (χ0) is 29.1. The summed E-state index contributed by atoms with van der Waals surface area (Å²) in [6.07, 6.45) is 3.10. The van der Waals surface area contributed by atoms with E-state index in [-0.39, 0.29) is 18.5 Å². The molecule has 0 unspecified atom stereocenters. The zero-order valence-electron chi connectivity index (χ0n) is 24.3. The molecule has 0 bridgehead atoms. The van der Waals surface area contributed by atoms with Crippen LogP contribution in [0.2, 0.25) is 0 Å². The molecule has 0 aliphatic carbocycles. The lowest BCUT2D eigenvalue weighted by molar-refractivity contribution is 0.0593. The molecule has 0 saturated carbocycles. The van der Waals surface area contributed by atoms with Crippen LogP contribution in [0.5, 0.6) is 0 Å². The first-order valence-electron chi connectivity index (χ1n) is 15.2. The van der Waals surface area contributed by atoms with Crippen molar-refractivity contribution in [2.24, 2.45) is 5.92 Å². The van der Waals surface area contributed by atoms with Gasteiger partial charge < -0.3 is 25.0 Å². The molecule has 3 aromatic rings. The lowest BCUT2D eigenvalue weighted by atomic mass is 9.98. The van der Waals surface area contributed by atoms with Crippen molar-refractivity contribution >= 4 is 17.6 Å². The summed E-state index contributed by atoms with van der Waals surface area (Å²) in [4.78, 5) is 33.3. The Morgan fingerprint density at radius 3 is 2.36 bits per heavy atom. The van der Waals surface area contributed by atoms with Crippen LogP contribution in [-0.2, 0) is 11.3 Å². The van der Waals surface area contributed by atoms with Crippen molar-refractivity contribution in [2.45, 2.75) is 38.3 Å². The van der Waals surface area contributed by atoms with Crippen LogP contribution in [0.4, 0.5) is 10.5 Å². The lowest BCUT2D eigenvalue weighted by Crippen LogP contribution is -2.42. The number of hydrogen-bond acceptors (Lipinski definition) is 7. The molecule has 3 heterocycles. The summed E-state index contributed by atoms with van der Waals surface area (Å²) < 4.78 is 5.75. The first-order chi connectivity index (χ1) is 20.6. The number of hydrogen-bond donors (Lipinski definition) is 4. The van der Waals surface area contributed by atoms with E-state index in [0.717, 1.165) is 94.0 Å². The highest BCUT2D eigenvalue weighted by Gasteiger charge is 2.23. The number of benzene rings is 2. The van der Waals surface area contributed by atoms with Crippen LogP contribution in [0.3, 0.4) is 0 Å². The summed E-state index contributed by atoms with van der Waals surface area (Å²) in [5.74, 6) is 0.487. The second kappa shape index (κ2) is 15.1. The number of rotatable bonds is 12. The molecule has 1 aromatic heterocycles. The van der Waals surface area contributed by atoms with Gasteiger partial charge in [0.2, 0.25) is 0 Å². The molecule has 2 fully saturated rings. The zero-order valence-corrected chi connectivity index (χ0v) is 24.3. The van der Waals surface area contributed by atoms with E-state index in [9.17, 15) is 14.7 Å². The Hall–Kier alpha value is -3.50. The van der Waals surface area contributed by atoms with Crippen LogP contribution in [0, 0.1) is 5.92 Å². The fourth-order valence-corrected chi connectivity index (χ4v) is 5.80. The molecule has 2 saturated heterocycles. The number of ketones is 1. The van der Waals surface area contributed by atoms with Crippen molar-refractivity contribution in [1.82, 2.24) is 20.1 Å². The molecule has 0 spiro atoms. The molecule has 42 heavy (non-hydrogen) atoms. The Kier molecular flexibility index (Phi) is 10.8. The molecule has 0 radical (unpaired) electrons.